The number of anilines is 2. The summed E-state index contributed by atoms with van der Waals surface area (Å²) in [7, 11) is 0. The minimum atomic E-state index is -2.51. The molecule has 0 saturated heterocycles. The van der Waals surface area contributed by atoms with Gasteiger partial charge < -0.3 is 20.5 Å². The normalized spacial score (nSPS) is 11.3. The number of nitrogen functional groups attached to an aromatic ring is 1. The van der Waals surface area contributed by atoms with Crippen molar-refractivity contribution in [1.29, 1.82) is 0 Å². The van der Waals surface area contributed by atoms with Crippen molar-refractivity contribution < 1.29 is 18.6 Å². The van der Waals surface area contributed by atoms with Gasteiger partial charge in [0.15, 0.2) is 16.6 Å². The van der Waals surface area contributed by atoms with Gasteiger partial charge in [-0.1, -0.05) is 0 Å². The second-order valence-corrected chi connectivity index (χ2v) is 4.68. The highest BCUT2D eigenvalue weighted by atomic mass is 32.1. The van der Waals surface area contributed by atoms with Crippen LogP contribution in [0.2, 0.25) is 0 Å². The molecule has 5 nitrogen and oxygen atoms in total. The number of nitrogens with zero attached hydrogens (tertiary/aromatic N) is 2. The number of rotatable bonds is 7. The summed E-state index contributed by atoms with van der Waals surface area (Å²) in [5.74, 6) is 0.491. The first kappa shape index (κ1) is 14.9. The number of ether oxygens (including phenoxy) is 1. The van der Waals surface area contributed by atoms with Crippen molar-refractivity contribution in [3.63, 3.8) is 0 Å². The van der Waals surface area contributed by atoms with E-state index in [-0.39, 0.29) is 25.1 Å². The van der Waals surface area contributed by atoms with Gasteiger partial charge in [-0.25, -0.2) is 8.78 Å². The van der Waals surface area contributed by atoms with Crippen molar-refractivity contribution in [3.05, 3.63) is 0 Å². The predicted molar refractivity (Wildman–Crippen MR) is 67.6 cm³/mol. The number of alkyl halides is 2. The average molecular weight is 281 g/mol. The fourth-order valence-corrected chi connectivity index (χ4v) is 2.18. The van der Waals surface area contributed by atoms with Crippen LogP contribution < -0.4 is 15.4 Å². The molecule has 0 radical (unpaired) electrons. The molecule has 8 heteroatoms. The van der Waals surface area contributed by atoms with Crippen molar-refractivity contribution in [2.45, 2.75) is 26.4 Å². The molecule has 1 aromatic heterocycles. The van der Waals surface area contributed by atoms with Crippen LogP contribution in [0.3, 0.4) is 0 Å². The molecule has 3 N–H and O–H groups in total. The Morgan fingerprint density at radius 2 is 2.17 bits per heavy atom. The van der Waals surface area contributed by atoms with E-state index >= 15 is 0 Å². The Labute approximate surface area is 108 Å². The summed E-state index contributed by atoms with van der Waals surface area (Å²) in [6.07, 6.45) is -2.64. The van der Waals surface area contributed by atoms with Crippen LogP contribution in [0.5, 0.6) is 5.75 Å². The summed E-state index contributed by atoms with van der Waals surface area (Å²) in [6, 6.07) is 0. The van der Waals surface area contributed by atoms with Gasteiger partial charge in [0.05, 0.1) is 19.3 Å². The molecule has 0 bridgehead atoms. The zero-order valence-electron chi connectivity index (χ0n) is 10.3. The molecular formula is C10H17F2N3O2S. The molecule has 1 rings (SSSR count). The van der Waals surface area contributed by atoms with E-state index in [1.807, 2.05) is 13.8 Å². The highest BCUT2D eigenvalue weighted by molar-refractivity contribution is 7.11. The van der Waals surface area contributed by atoms with Gasteiger partial charge in [-0.15, -0.1) is 0 Å². The minimum absolute atomic E-state index is 0.0838. The molecule has 0 fully saturated rings. The molecule has 18 heavy (non-hydrogen) atoms. The van der Waals surface area contributed by atoms with E-state index in [1.54, 1.807) is 0 Å². The lowest BCUT2D eigenvalue weighted by molar-refractivity contribution is 0.152. The van der Waals surface area contributed by atoms with Gasteiger partial charge in [0.25, 0.3) is 6.43 Å². The van der Waals surface area contributed by atoms with Gasteiger partial charge in [-0.05, 0) is 25.4 Å². The van der Waals surface area contributed by atoms with Crippen LogP contribution in [-0.2, 0) is 0 Å². The molecule has 1 heterocycles. The van der Waals surface area contributed by atoms with Crippen LogP contribution in [0.4, 0.5) is 19.6 Å². The first-order chi connectivity index (χ1) is 8.45. The zero-order valence-corrected chi connectivity index (χ0v) is 11.1. The monoisotopic (exact) mass is 281 g/mol. The molecule has 0 saturated carbocycles. The van der Waals surface area contributed by atoms with Gasteiger partial charge >= 0.3 is 0 Å². The molecule has 0 aliphatic rings. The van der Waals surface area contributed by atoms with E-state index in [2.05, 4.69) is 4.37 Å². The molecule has 104 valence electrons. The average Bonchev–Trinajstić information content (AvgIpc) is 2.59. The minimum Gasteiger partial charge on any atom is -0.484 e. The second kappa shape index (κ2) is 6.69. The Balaban J connectivity index is 2.96. The maximum Gasteiger partial charge on any atom is 0.255 e. The van der Waals surface area contributed by atoms with Crippen molar-refractivity contribution in [1.82, 2.24) is 4.37 Å². The number of aliphatic hydroxyl groups is 1. The molecule has 0 aromatic carbocycles. The SMILES string of the molecule is CC(C)Oc1c(N)nsc1N(CCO)CC(F)F. The van der Waals surface area contributed by atoms with Gasteiger partial charge in [-0.2, -0.15) is 4.37 Å². The summed E-state index contributed by atoms with van der Waals surface area (Å²) >= 11 is 0.990. The maximum absolute atomic E-state index is 12.5. The van der Waals surface area contributed by atoms with Crippen LogP contribution in [0, 0.1) is 0 Å². The molecule has 0 atom stereocenters. The molecule has 1 aromatic rings. The van der Waals surface area contributed by atoms with Gasteiger partial charge in [0, 0.05) is 6.54 Å². The lowest BCUT2D eigenvalue weighted by Gasteiger charge is -2.23. The third-order valence-electron chi connectivity index (χ3n) is 2.03. The number of hydrogen-bond acceptors (Lipinski definition) is 6. The van der Waals surface area contributed by atoms with Gasteiger partial charge in [0.1, 0.15) is 0 Å². The molecule has 0 aliphatic heterocycles. The topological polar surface area (TPSA) is 71.6 Å². The second-order valence-electron chi connectivity index (χ2n) is 3.93. The van der Waals surface area contributed by atoms with Crippen LogP contribution in [0.25, 0.3) is 0 Å². The van der Waals surface area contributed by atoms with Crippen molar-refractivity contribution in [2.75, 3.05) is 30.3 Å². The number of aromatic nitrogens is 1. The van der Waals surface area contributed by atoms with Crippen LogP contribution in [-0.4, -0.2) is 41.7 Å². The highest BCUT2D eigenvalue weighted by Gasteiger charge is 2.22. The largest absolute Gasteiger partial charge is 0.484 e. The number of nitrogens with two attached hydrogens (primary N) is 1. The van der Waals surface area contributed by atoms with Crippen molar-refractivity contribution in [3.8, 4) is 5.75 Å². The zero-order chi connectivity index (χ0) is 13.7. The summed E-state index contributed by atoms with van der Waals surface area (Å²) in [5.41, 5.74) is 5.65. The van der Waals surface area contributed by atoms with Crippen LogP contribution in [0.1, 0.15) is 13.8 Å². The quantitative estimate of drug-likeness (QED) is 0.794. The Bertz CT molecular complexity index is 374. The Morgan fingerprint density at radius 3 is 2.67 bits per heavy atom. The Morgan fingerprint density at radius 1 is 1.50 bits per heavy atom. The molecule has 0 unspecified atom stereocenters. The Kier molecular flexibility index (Phi) is 5.54. The summed E-state index contributed by atoms with van der Waals surface area (Å²) in [4.78, 5) is 1.33. The van der Waals surface area contributed by atoms with E-state index in [9.17, 15) is 8.78 Å². The molecule has 0 amide bonds. The standard InChI is InChI=1S/C10H17F2N3O2S/c1-6(2)17-8-9(13)14-18-10(8)15(3-4-16)5-7(11)12/h6-7,16H,3-5H2,1-2H3,(H2,13,14). The number of halogens is 2. The first-order valence-corrected chi connectivity index (χ1v) is 6.28. The van der Waals surface area contributed by atoms with E-state index in [0.717, 1.165) is 11.5 Å². The molecular weight excluding hydrogens is 264 g/mol. The van der Waals surface area contributed by atoms with Gasteiger partial charge in [0.2, 0.25) is 0 Å². The lowest BCUT2D eigenvalue weighted by atomic mass is 10.4. The summed E-state index contributed by atoms with van der Waals surface area (Å²) in [5, 5.41) is 9.34. The smallest absolute Gasteiger partial charge is 0.255 e. The fourth-order valence-electron chi connectivity index (χ4n) is 1.40. The lowest BCUT2D eigenvalue weighted by Crippen LogP contribution is -2.31. The van der Waals surface area contributed by atoms with Crippen molar-refractivity contribution in [2.24, 2.45) is 0 Å². The van der Waals surface area contributed by atoms with E-state index in [1.165, 1.54) is 4.90 Å². The Hall–Kier alpha value is -1.15. The summed E-state index contributed by atoms with van der Waals surface area (Å²) in [6.45, 7) is 2.98. The third-order valence-corrected chi connectivity index (χ3v) is 2.93. The fraction of sp³-hybridized carbons (Fsp3) is 0.700. The molecule has 0 spiro atoms. The summed E-state index contributed by atoms with van der Waals surface area (Å²) < 4.78 is 34.4. The number of hydrogen-bond donors (Lipinski definition) is 2. The van der Waals surface area contributed by atoms with E-state index in [0.29, 0.717) is 10.8 Å². The first-order valence-electron chi connectivity index (χ1n) is 5.51. The number of aliphatic hydroxyl groups excluding tert-OH is 1. The van der Waals surface area contributed by atoms with Crippen molar-refractivity contribution >= 4 is 22.4 Å². The van der Waals surface area contributed by atoms with Gasteiger partial charge in [-0.3, -0.25) is 0 Å². The van der Waals surface area contributed by atoms with E-state index in [4.69, 9.17) is 15.6 Å². The van der Waals surface area contributed by atoms with Crippen LogP contribution in [0.15, 0.2) is 0 Å². The predicted octanol–water partition coefficient (Wildman–Crippen LogP) is 1.58. The van der Waals surface area contributed by atoms with E-state index < -0.39 is 13.0 Å². The molecule has 0 aliphatic carbocycles. The maximum atomic E-state index is 12.5. The van der Waals surface area contributed by atoms with Crippen LogP contribution >= 0.6 is 11.5 Å². The highest BCUT2D eigenvalue weighted by Crippen LogP contribution is 2.39. The third kappa shape index (κ3) is 3.95.